The predicted octanol–water partition coefficient (Wildman–Crippen LogP) is 2.88. The standard InChI is InChI=1S/C17H21FN4O/c1-2-13-10-16(22-9-3-4-15(22)11-23)21-17(19-13)20-14-7-5-12(18)6-8-14/h5-8,10,15,23H,2-4,9,11H2,1H3,(H,19,20,21)/t15-/m0/s1. The highest BCUT2D eigenvalue weighted by molar-refractivity contribution is 5.56. The lowest BCUT2D eigenvalue weighted by Crippen LogP contribution is -2.33. The molecule has 2 heterocycles. The first-order valence-electron chi connectivity index (χ1n) is 7.97. The fourth-order valence-corrected chi connectivity index (χ4v) is 2.86. The summed E-state index contributed by atoms with van der Waals surface area (Å²) in [6.07, 6.45) is 2.82. The normalized spacial score (nSPS) is 17.5. The molecule has 0 saturated carbocycles. The molecule has 2 N–H and O–H groups in total. The molecule has 0 radical (unpaired) electrons. The number of benzene rings is 1. The van der Waals surface area contributed by atoms with E-state index in [9.17, 15) is 9.50 Å². The van der Waals surface area contributed by atoms with Gasteiger partial charge < -0.3 is 15.3 Å². The van der Waals surface area contributed by atoms with Crippen molar-refractivity contribution in [1.82, 2.24) is 9.97 Å². The van der Waals surface area contributed by atoms with Gasteiger partial charge in [-0.1, -0.05) is 6.92 Å². The Balaban J connectivity index is 1.88. The number of aromatic nitrogens is 2. The molecule has 1 aliphatic rings. The monoisotopic (exact) mass is 316 g/mol. The highest BCUT2D eigenvalue weighted by Gasteiger charge is 2.25. The van der Waals surface area contributed by atoms with E-state index < -0.39 is 0 Å². The lowest BCUT2D eigenvalue weighted by Gasteiger charge is -2.24. The topological polar surface area (TPSA) is 61.3 Å². The van der Waals surface area contributed by atoms with Crippen LogP contribution in [-0.2, 0) is 6.42 Å². The number of nitrogens with one attached hydrogen (secondary N) is 1. The molecule has 2 aromatic rings. The molecule has 0 unspecified atom stereocenters. The minimum Gasteiger partial charge on any atom is -0.394 e. The second-order valence-corrected chi connectivity index (χ2v) is 5.70. The van der Waals surface area contributed by atoms with Crippen molar-refractivity contribution in [2.75, 3.05) is 23.4 Å². The van der Waals surface area contributed by atoms with Crippen LogP contribution in [0.25, 0.3) is 0 Å². The maximum absolute atomic E-state index is 13.0. The van der Waals surface area contributed by atoms with E-state index in [0.717, 1.165) is 43.0 Å². The summed E-state index contributed by atoms with van der Waals surface area (Å²) in [7, 11) is 0. The number of aryl methyl sites for hydroxylation is 1. The molecular formula is C17H21FN4O. The van der Waals surface area contributed by atoms with Crippen LogP contribution in [0.15, 0.2) is 30.3 Å². The van der Waals surface area contributed by atoms with Gasteiger partial charge in [-0.15, -0.1) is 0 Å². The van der Waals surface area contributed by atoms with Crippen molar-refractivity contribution in [2.45, 2.75) is 32.2 Å². The summed E-state index contributed by atoms with van der Waals surface area (Å²) >= 11 is 0. The van der Waals surface area contributed by atoms with Gasteiger partial charge in [0.1, 0.15) is 11.6 Å². The molecule has 1 aliphatic heterocycles. The summed E-state index contributed by atoms with van der Waals surface area (Å²) in [6.45, 7) is 3.06. The highest BCUT2D eigenvalue weighted by Crippen LogP contribution is 2.26. The Morgan fingerprint density at radius 2 is 2.09 bits per heavy atom. The van der Waals surface area contributed by atoms with Gasteiger partial charge in [-0.3, -0.25) is 0 Å². The third-order valence-electron chi connectivity index (χ3n) is 4.11. The van der Waals surface area contributed by atoms with Crippen LogP contribution >= 0.6 is 0 Å². The fraction of sp³-hybridized carbons (Fsp3) is 0.412. The van der Waals surface area contributed by atoms with Gasteiger partial charge >= 0.3 is 0 Å². The number of rotatable bonds is 5. The van der Waals surface area contributed by atoms with E-state index in [-0.39, 0.29) is 18.5 Å². The summed E-state index contributed by atoms with van der Waals surface area (Å²) in [6, 6.07) is 8.20. The van der Waals surface area contributed by atoms with E-state index >= 15 is 0 Å². The van der Waals surface area contributed by atoms with E-state index in [1.807, 2.05) is 13.0 Å². The molecule has 1 aromatic carbocycles. The molecule has 1 aromatic heterocycles. The van der Waals surface area contributed by atoms with E-state index in [0.29, 0.717) is 5.95 Å². The predicted molar refractivity (Wildman–Crippen MR) is 88.5 cm³/mol. The van der Waals surface area contributed by atoms with Crippen molar-refractivity contribution in [3.8, 4) is 0 Å². The molecule has 3 rings (SSSR count). The molecule has 1 fully saturated rings. The van der Waals surface area contributed by atoms with Gasteiger partial charge in [-0.2, -0.15) is 4.98 Å². The van der Waals surface area contributed by atoms with Gasteiger partial charge in [0.2, 0.25) is 5.95 Å². The minimum absolute atomic E-state index is 0.119. The van der Waals surface area contributed by atoms with Crippen LogP contribution in [0, 0.1) is 5.82 Å². The van der Waals surface area contributed by atoms with Crippen LogP contribution in [0.4, 0.5) is 21.8 Å². The second kappa shape index (κ2) is 6.91. The Bertz CT molecular complexity index is 662. The van der Waals surface area contributed by atoms with Gasteiger partial charge in [0.15, 0.2) is 0 Å². The Morgan fingerprint density at radius 1 is 1.30 bits per heavy atom. The summed E-state index contributed by atoms with van der Waals surface area (Å²) in [5, 5.41) is 12.6. The van der Waals surface area contributed by atoms with Crippen LogP contribution in [0.3, 0.4) is 0 Å². The number of hydrogen-bond acceptors (Lipinski definition) is 5. The number of aliphatic hydroxyl groups is 1. The van der Waals surface area contributed by atoms with Gasteiger partial charge in [-0.05, 0) is 43.5 Å². The summed E-state index contributed by atoms with van der Waals surface area (Å²) in [5.41, 5.74) is 1.67. The van der Waals surface area contributed by atoms with Crippen LogP contribution in [0.1, 0.15) is 25.5 Å². The molecule has 0 amide bonds. The Labute approximate surface area is 135 Å². The molecule has 0 spiro atoms. The van der Waals surface area contributed by atoms with E-state index in [4.69, 9.17) is 0 Å². The number of aliphatic hydroxyl groups excluding tert-OH is 1. The van der Waals surface area contributed by atoms with Crippen molar-refractivity contribution >= 4 is 17.5 Å². The third-order valence-corrected chi connectivity index (χ3v) is 4.11. The van der Waals surface area contributed by atoms with Crippen LogP contribution in [0.2, 0.25) is 0 Å². The maximum atomic E-state index is 13.0. The lowest BCUT2D eigenvalue weighted by molar-refractivity contribution is 0.266. The molecule has 5 nitrogen and oxygen atoms in total. The first-order chi connectivity index (χ1) is 11.2. The van der Waals surface area contributed by atoms with Crippen LogP contribution < -0.4 is 10.2 Å². The molecule has 23 heavy (non-hydrogen) atoms. The Kier molecular flexibility index (Phi) is 4.71. The number of halogens is 1. The number of nitrogens with zero attached hydrogens (tertiary/aromatic N) is 3. The van der Waals surface area contributed by atoms with Crippen molar-refractivity contribution in [2.24, 2.45) is 0 Å². The molecule has 0 aliphatic carbocycles. The van der Waals surface area contributed by atoms with E-state index in [2.05, 4.69) is 20.2 Å². The first kappa shape index (κ1) is 15.7. The molecule has 122 valence electrons. The van der Waals surface area contributed by atoms with Crippen molar-refractivity contribution in [3.63, 3.8) is 0 Å². The smallest absolute Gasteiger partial charge is 0.229 e. The summed E-state index contributed by atoms with van der Waals surface area (Å²) in [5.74, 6) is 1.05. The first-order valence-corrected chi connectivity index (χ1v) is 7.97. The number of hydrogen-bond donors (Lipinski definition) is 2. The zero-order valence-corrected chi connectivity index (χ0v) is 13.2. The third kappa shape index (κ3) is 3.59. The molecule has 1 atom stereocenters. The van der Waals surface area contributed by atoms with Crippen molar-refractivity contribution < 1.29 is 9.50 Å². The van der Waals surface area contributed by atoms with E-state index in [1.54, 1.807) is 12.1 Å². The average Bonchev–Trinajstić information content (AvgIpc) is 3.05. The van der Waals surface area contributed by atoms with Gasteiger partial charge in [0, 0.05) is 24.0 Å². The maximum Gasteiger partial charge on any atom is 0.229 e. The van der Waals surface area contributed by atoms with Crippen molar-refractivity contribution in [3.05, 3.63) is 41.8 Å². The molecule has 1 saturated heterocycles. The SMILES string of the molecule is CCc1cc(N2CCC[C@H]2CO)nc(Nc2ccc(F)cc2)n1. The average molecular weight is 316 g/mol. The molecular weight excluding hydrogens is 295 g/mol. The van der Waals surface area contributed by atoms with Crippen molar-refractivity contribution in [1.29, 1.82) is 0 Å². The van der Waals surface area contributed by atoms with E-state index in [1.165, 1.54) is 12.1 Å². The van der Waals surface area contributed by atoms with Gasteiger partial charge in [0.25, 0.3) is 0 Å². The number of anilines is 3. The van der Waals surface area contributed by atoms with Crippen LogP contribution in [0.5, 0.6) is 0 Å². The fourth-order valence-electron chi connectivity index (χ4n) is 2.86. The summed E-state index contributed by atoms with van der Waals surface area (Å²) < 4.78 is 13.0. The van der Waals surface area contributed by atoms with Crippen LogP contribution in [-0.4, -0.2) is 34.3 Å². The zero-order valence-electron chi connectivity index (χ0n) is 13.2. The Morgan fingerprint density at radius 3 is 2.78 bits per heavy atom. The summed E-state index contributed by atoms with van der Waals surface area (Å²) in [4.78, 5) is 11.2. The molecule has 6 heteroatoms. The molecule has 0 bridgehead atoms. The van der Waals surface area contributed by atoms with Gasteiger partial charge in [-0.25, -0.2) is 9.37 Å². The van der Waals surface area contributed by atoms with Gasteiger partial charge in [0.05, 0.1) is 12.6 Å². The zero-order chi connectivity index (χ0) is 16.2. The second-order valence-electron chi connectivity index (χ2n) is 5.70. The highest BCUT2D eigenvalue weighted by atomic mass is 19.1. The Hall–Kier alpha value is -2.21. The largest absolute Gasteiger partial charge is 0.394 e. The lowest BCUT2D eigenvalue weighted by atomic mass is 10.2. The minimum atomic E-state index is -0.276. The quantitative estimate of drug-likeness (QED) is 0.888.